The Morgan fingerprint density at radius 1 is 1.38 bits per heavy atom. The second-order valence-electron chi connectivity index (χ2n) is 5.45. The Balaban J connectivity index is 2.69. The molecule has 0 radical (unpaired) electrons. The minimum atomic E-state index is 0.247. The summed E-state index contributed by atoms with van der Waals surface area (Å²) in [7, 11) is 0. The fourth-order valence-electron chi connectivity index (χ4n) is 2.34. The topological polar surface area (TPSA) is 32.3 Å². The lowest BCUT2D eigenvalue weighted by atomic mass is 9.98. The summed E-state index contributed by atoms with van der Waals surface area (Å²) < 4.78 is 0. The Bertz CT molecular complexity index is 240. The van der Waals surface area contributed by atoms with E-state index in [4.69, 9.17) is 0 Å². The molecule has 1 heterocycles. The van der Waals surface area contributed by atoms with Gasteiger partial charge in [-0.05, 0) is 25.2 Å². The van der Waals surface area contributed by atoms with Gasteiger partial charge in [0.05, 0.1) is 12.7 Å². The first-order valence-corrected chi connectivity index (χ1v) is 6.51. The normalized spacial score (nSPS) is 25.2. The van der Waals surface area contributed by atoms with E-state index in [1.54, 1.807) is 0 Å². The summed E-state index contributed by atoms with van der Waals surface area (Å²) in [6.45, 7) is 11.5. The fraction of sp³-hybridized carbons (Fsp3) is 0.923. The number of carbonyl (C=O) groups excluding carboxylic acids is 1. The molecule has 0 bridgehead atoms. The highest BCUT2D eigenvalue weighted by atomic mass is 16.2. The maximum atomic E-state index is 11.9. The van der Waals surface area contributed by atoms with Crippen LogP contribution in [0.2, 0.25) is 0 Å². The number of hydrogen-bond donors (Lipinski definition) is 1. The first-order valence-electron chi connectivity index (χ1n) is 6.51. The standard InChI is InChI=1S/C13H26N2O/c1-6-10(4)11(5)15-12(7-9(2)3)14-8-13(15)16/h9-12,14H,6-8H2,1-5H3. The van der Waals surface area contributed by atoms with Crippen LogP contribution in [0, 0.1) is 11.8 Å². The van der Waals surface area contributed by atoms with Gasteiger partial charge in [-0.2, -0.15) is 0 Å². The molecule has 0 aromatic heterocycles. The lowest BCUT2D eigenvalue weighted by Crippen LogP contribution is -2.46. The van der Waals surface area contributed by atoms with Gasteiger partial charge in [0.2, 0.25) is 5.91 Å². The number of amides is 1. The van der Waals surface area contributed by atoms with E-state index in [2.05, 4.69) is 44.8 Å². The van der Waals surface area contributed by atoms with Gasteiger partial charge in [-0.25, -0.2) is 0 Å². The zero-order valence-electron chi connectivity index (χ0n) is 11.3. The molecule has 1 aliphatic heterocycles. The maximum Gasteiger partial charge on any atom is 0.238 e. The molecule has 3 nitrogen and oxygen atoms in total. The second-order valence-corrected chi connectivity index (χ2v) is 5.45. The van der Waals surface area contributed by atoms with Crippen molar-refractivity contribution in [3.63, 3.8) is 0 Å². The Morgan fingerprint density at radius 3 is 2.50 bits per heavy atom. The molecule has 1 aliphatic rings. The van der Waals surface area contributed by atoms with E-state index in [1.165, 1.54) is 0 Å². The van der Waals surface area contributed by atoms with E-state index < -0.39 is 0 Å². The maximum absolute atomic E-state index is 11.9. The molecule has 3 heteroatoms. The molecule has 94 valence electrons. The van der Waals surface area contributed by atoms with Crippen LogP contribution in [0.4, 0.5) is 0 Å². The smallest absolute Gasteiger partial charge is 0.238 e. The summed E-state index contributed by atoms with van der Waals surface area (Å²) in [6.07, 6.45) is 2.42. The zero-order valence-corrected chi connectivity index (χ0v) is 11.3. The molecule has 1 fully saturated rings. The van der Waals surface area contributed by atoms with Crippen LogP contribution in [0.15, 0.2) is 0 Å². The second kappa shape index (κ2) is 5.67. The minimum Gasteiger partial charge on any atom is -0.323 e. The SMILES string of the molecule is CCC(C)C(C)N1C(=O)CNC1CC(C)C. The van der Waals surface area contributed by atoms with Crippen LogP contribution in [-0.2, 0) is 4.79 Å². The molecular formula is C13H26N2O. The van der Waals surface area contributed by atoms with E-state index in [9.17, 15) is 4.79 Å². The molecule has 16 heavy (non-hydrogen) atoms. The Morgan fingerprint density at radius 2 is 2.00 bits per heavy atom. The third kappa shape index (κ3) is 2.97. The van der Waals surface area contributed by atoms with E-state index >= 15 is 0 Å². The average molecular weight is 226 g/mol. The van der Waals surface area contributed by atoms with Gasteiger partial charge in [0, 0.05) is 6.04 Å². The molecule has 0 saturated carbocycles. The third-order valence-electron chi connectivity index (χ3n) is 3.71. The van der Waals surface area contributed by atoms with Crippen molar-refractivity contribution in [3.05, 3.63) is 0 Å². The average Bonchev–Trinajstić information content (AvgIpc) is 2.56. The van der Waals surface area contributed by atoms with Crippen molar-refractivity contribution in [1.82, 2.24) is 10.2 Å². The number of rotatable bonds is 5. The molecule has 1 rings (SSSR count). The van der Waals surface area contributed by atoms with Crippen LogP contribution in [0.3, 0.4) is 0 Å². The minimum absolute atomic E-state index is 0.247. The largest absolute Gasteiger partial charge is 0.323 e. The summed E-state index contributed by atoms with van der Waals surface area (Å²) in [5.41, 5.74) is 0. The third-order valence-corrected chi connectivity index (χ3v) is 3.71. The Labute approximate surface area is 99.6 Å². The van der Waals surface area contributed by atoms with Crippen LogP contribution in [-0.4, -0.2) is 29.6 Å². The van der Waals surface area contributed by atoms with E-state index in [0.29, 0.717) is 24.4 Å². The molecule has 3 unspecified atom stereocenters. The van der Waals surface area contributed by atoms with Crippen molar-refractivity contribution in [2.24, 2.45) is 11.8 Å². The van der Waals surface area contributed by atoms with Gasteiger partial charge in [-0.15, -0.1) is 0 Å². The molecule has 0 aromatic rings. The van der Waals surface area contributed by atoms with Gasteiger partial charge in [-0.3, -0.25) is 10.1 Å². The van der Waals surface area contributed by atoms with Crippen LogP contribution in [0.1, 0.15) is 47.5 Å². The quantitative estimate of drug-likeness (QED) is 0.779. The number of hydrogen-bond acceptors (Lipinski definition) is 2. The number of nitrogens with zero attached hydrogens (tertiary/aromatic N) is 1. The van der Waals surface area contributed by atoms with Crippen molar-refractivity contribution in [3.8, 4) is 0 Å². The van der Waals surface area contributed by atoms with Crippen molar-refractivity contribution < 1.29 is 4.79 Å². The summed E-state index contributed by atoms with van der Waals surface area (Å²) in [4.78, 5) is 14.0. The molecule has 1 N–H and O–H groups in total. The highest BCUT2D eigenvalue weighted by Gasteiger charge is 2.35. The van der Waals surface area contributed by atoms with Crippen molar-refractivity contribution in [2.45, 2.75) is 59.7 Å². The molecule has 0 aromatic carbocycles. The Hall–Kier alpha value is -0.570. The van der Waals surface area contributed by atoms with E-state index in [0.717, 1.165) is 12.8 Å². The van der Waals surface area contributed by atoms with Gasteiger partial charge >= 0.3 is 0 Å². The van der Waals surface area contributed by atoms with Gasteiger partial charge in [0.1, 0.15) is 0 Å². The Kier molecular flexibility index (Phi) is 4.78. The van der Waals surface area contributed by atoms with Crippen molar-refractivity contribution >= 4 is 5.91 Å². The molecule has 1 saturated heterocycles. The lowest BCUT2D eigenvalue weighted by molar-refractivity contribution is -0.131. The monoisotopic (exact) mass is 226 g/mol. The summed E-state index contributed by atoms with van der Waals surface area (Å²) >= 11 is 0. The van der Waals surface area contributed by atoms with E-state index in [-0.39, 0.29) is 12.1 Å². The number of carbonyl (C=O) groups is 1. The van der Waals surface area contributed by atoms with Crippen LogP contribution < -0.4 is 5.32 Å². The van der Waals surface area contributed by atoms with Gasteiger partial charge < -0.3 is 4.90 Å². The summed E-state index contributed by atoms with van der Waals surface area (Å²) in [5, 5.41) is 3.32. The lowest BCUT2D eigenvalue weighted by Gasteiger charge is -2.34. The first-order chi connectivity index (χ1) is 7.47. The highest BCUT2D eigenvalue weighted by Crippen LogP contribution is 2.22. The predicted octanol–water partition coefficient (Wildman–Crippen LogP) is 2.22. The molecule has 0 spiro atoms. The van der Waals surface area contributed by atoms with Gasteiger partial charge in [-0.1, -0.05) is 34.1 Å². The van der Waals surface area contributed by atoms with Crippen molar-refractivity contribution in [2.75, 3.05) is 6.54 Å². The highest BCUT2D eigenvalue weighted by molar-refractivity contribution is 5.81. The van der Waals surface area contributed by atoms with E-state index in [1.807, 2.05) is 0 Å². The zero-order chi connectivity index (χ0) is 12.3. The fourth-order valence-corrected chi connectivity index (χ4v) is 2.34. The van der Waals surface area contributed by atoms with Gasteiger partial charge in [0.15, 0.2) is 0 Å². The van der Waals surface area contributed by atoms with Crippen LogP contribution in [0.25, 0.3) is 0 Å². The van der Waals surface area contributed by atoms with Gasteiger partial charge in [0.25, 0.3) is 0 Å². The van der Waals surface area contributed by atoms with Crippen LogP contribution in [0.5, 0.6) is 0 Å². The van der Waals surface area contributed by atoms with Crippen LogP contribution >= 0.6 is 0 Å². The predicted molar refractivity (Wildman–Crippen MR) is 67.0 cm³/mol. The molecule has 0 aliphatic carbocycles. The molecule has 1 amide bonds. The van der Waals surface area contributed by atoms with Crippen molar-refractivity contribution in [1.29, 1.82) is 0 Å². The molecular weight excluding hydrogens is 200 g/mol. The molecule has 3 atom stereocenters. The summed E-state index contributed by atoms with van der Waals surface area (Å²) in [5.74, 6) is 1.45. The number of nitrogens with one attached hydrogen (secondary N) is 1. The summed E-state index contributed by atoms with van der Waals surface area (Å²) in [6, 6.07) is 0.344. The first kappa shape index (κ1) is 13.5.